The second-order valence-electron chi connectivity index (χ2n) is 21.7. The number of hydrogen-bond donors (Lipinski definition) is 0. The van der Waals surface area contributed by atoms with E-state index in [1.807, 2.05) is 0 Å². The first kappa shape index (κ1) is 67.4. The van der Waals surface area contributed by atoms with Gasteiger partial charge in [-0.25, -0.2) is 0 Å². The molecular weight excluding hydrogens is 853 g/mol. The van der Waals surface area contributed by atoms with E-state index < -0.39 is 6.10 Å². The molecule has 410 valence electrons. The lowest BCUT2D eigenvalue weighted by atomic mass is 10.0. The van der Waals surface area contributed by atoms with Crippen LogP contribution in [0.3, 0.4) is 0 Å². The second-order valence-corrected chi connectivity index (χ2v) is 21.7. The molecule has 0 bridgehead atoms. The summed E-state index contributed by atoms with van der Waals surface area (Å²) in [6.07, 6.45) is 67.0. The molecule has 0 N–H and O–H groups in total. The maximum Gasteiger partial charge on any atom is 0.306 e. The molecular formula is C63H122O6. The summed E-state index contributed by atoms with van der Waals surface area (Å²) >= 11 is 0. The highest BCUT2D eigenvalue weighted by Crippen LogP contribution is 2.18. The van der Waals surface area contributed by atoms with E-state index in [2.05, 4.69) is 20.8 Å². The molecule has 1 atom stereocenters. The predicted molar refractivity (Wildman–Crippen MR) is 298 cm³/mol. The molecule has 6 heteroatoms. The van der Waals surface area contributed by atoms with E-state index in [0.717, 1.165) is 57.8 Å². The van der Waals surface area contributed by atoms with E-state index in [1.165, 1.54) is 270 Å². The van der Waals surface area contributed by atoms with Crippen LogP contribution in [0.15, 0.2) is 0 Å². The molecule has 0 aromatic rings. The normalized spacial score (nSPS) is 11.9. The molecule has 69 heavy (non-hydrogen) atoms. The number of esters is 3. The van der Waals surface area contributed by atoms with Gasteiger partial charge in [0.2, 0.25) is 0 Å². The zero-order valence-electron chi connectivity index (χ0n) is 47.1. The third-order valence-electron chi connectivity index (χ3n) is 14.6. The standard InChI is InChI=1S/C63H122O6/c1-4-7-10-13-16-19-22-24-25-26-27-28-29-30-31-32-33-34-35-36-37-38-40-41-44-47-50-53-56-62(65)68-59-60(58-67-61(64)55-52-49-46-43-21-18-15-12-9-6-3)69-63(66)57-54-51-48-45-42-39-23-20-17-14-11-8-5-2/h60H,4-59H2,1-3H3. The second kappa shape index (κ2) is 59.0. The molecule has 0 fully saturated rings. The summed E-state index contributed by atoms with van der Waals surface area (Å²) in [6.45, 7) is 6.70. The van der Waals surface area contributed by atoms with Crippen molar-refractivity contribution in [3.05, 3.63) is 0 Å². The van der Waals surface area contributed by atoms with Gasteiger partial charge in [0.25, 0.3) is 0 Å². The molecule has 6 nitrogen and oxygen atoms in total. The highest BCUT2D eigenvalue weighted by molar-refractivity contribution is 5.71. The minimum absolute atomic E-state index is 0.0613. The molecule has 0 aliphatic rings. The maximum absolute atomic E-state index is 12.8. The van der Waals surface area contributed by atoms with E-state index in [9.17, 15) is 14.4 Å². The maximum atomic E-state index is 12.8. The Morgan fingerprint density at radius 2 is 0.391 bits per heavy atom. The molecule has 0 amide bonds. The number of carbonyl (C=O) groups is 3. The molecule has 0 aliphatic carbocycles. The summed E-state index contributed by atoms with van der Waals surface area (Å²) < 4.78 is 16.9. The smallest absolute Gasteiger partial charge is 0.306 e. The van der Waals surface area contributed by atoms with E-state index >= 15 is 0 Å². The zero-order chi connectivity index (χ0) is 50.0. The number of ether oxygens (including phenoxy) is 3. The molecule has 0 saturated heterocycles. The Morgan fingerprint density at radius 1 is 0.232 bits per heavy atom. The van der Waals surface area contributed by atoms with Crippen molar-refractivity contribution >= 4 is 17.9 Å². The van der Waals surface area contributed by atoms with Crippen molar-refractivity contribution in [1.82, 2.24) is 0 Å². The Hall–Kier alpha value is -1.59. The van der Waals surface area contributed by atoms with E-state index in [1.54, 1.807) is 0 Å². The summed E-state index contributed by atoms with van der Waals surface area (Å²) in [4.78, 5) is 38.1. The Kier molecular flexibility index (Phi) is 57.6. The summed E-state index contributed by atoms with van der Waals surface area (Å²) in [5.74, 6) is -0.834. The van der Waals surface area contributed by atoms with Gasteiger partial charge < -0.3 is 14.2 Å². The summed E-state index contributed by atoms with van der Waals surface area (Å²) in [7, 11) is 0. The first-order chi connectivity index (χ1) is 34.0. The minimum Gasteiger partial charge on any atom is -0.462 e. The monoisotopic (exact) mass is 975 g/mol. The molecule has 0 rings (SSSR count). The van der Waals surface area contributed by atoms with Gasteiger partial charge in [0.15, 0.2) is 6.10 Å². The fourth-order valence-corrected chi connectivity index (χ4v) is 9.86. The van der Waals surface area contributed by atoms with Gasteiger partial charge in [0.1, 0.15) is 13.2 Å². The number of rotatable bonds is 59. The fourth-order valence-electron chi connectivity index (χ4n) is 9.86. The van der Waals surface area contributed by atoms with Crippen LogP contribution in [0, 0.1) is 0 Å². The van der Waals surface area contributed by atoms with E-state index in [0.29, 0.717) is 19.3 Å². The Labute approximate surface area is 431 Å². The van der Waals surface area contributed by atoms with Crippen LogP contribution in [0.5, 0.6) is 0 Å². The van der Waals surface area contributed by atoms with Gasteiger partial charge in [-0.15, -0.1) is 0 Å². The first-order valence-electron chi connectivity index (χ1n) is 31.5. The highest BCUT2D eigenvalue weighted by atomic mass is 16.6. The molecule has 1 unspecified atom stereocenters. The van der Waals surface area contributed by atoms with Crippen molar-refractivity contribution in [3.63, 3.8) is 0 Å². The Balaban J connectivity index is 4.04. The number of carbonyl (C=O) groups excluding carboxylic acids is 3. The van der Waals surface area contributed by atoms with Crippen LogP contribution >= 0.6 is 0 Å². The molecule has 0 spiro atoms. The van der Waals surface area contributed by atoms with Crippen LogP contribution in [-0.4, -0.2) is 37.2 Å². The van der Waals surface area contributed by atoms with Crippen molar-refractivity contribution in [2.45, 2.75) is 374 Å². The average molecular weight is 976 g/mol. The molecule has 0 aromatic carbocycles. The van der Waals surface area contributed by atoms with Crippen molar-refractivity contribution in [1.29, 1.82) is 0 Å². The lowest BCUT2D eigenvalue weighted by molar-refractivity contribution is -0.167. The predicted octanol–water partition coefficient (Wildman–Crippen LogP) is 21.1. The first-order valence-corrected chi connectivity index (χ1v) is 31.5. The Bertz CT molecular complexity index is 1030. The topological polar surface area (TPSA) is 78.9 Å². The van der Waals surface area contributed by atoms with Crippen LogP contribution in [0.1, 0.15) is 367 Å². The quantitative estimate of drug-likeness (QED) is 0.0343. The Morgan fingerprint density at radius 3 is 0.580 bits per heavy atom. The van der Waals surface area contributed by atoms with E-state index in [-0.39, 0.29) is 31.1 Å². The van der Waals surface area contributed by atoms with Crippen LogP contribution in [0.2, 0.25) is 0 Å². The van der Waals surface area contributed by atoms with Crippen LogP contribution < -0.4 is 0 Å². The van der Waals surface area contributed by atoms with Crippen molar-refractivity contribution in [2.75, 3.05) is 13.2 Å². The summed E-state index contributed by atoms with van der Waals surface area (Å²) in [5, 5.41) is 0. The van der Waals surface area contributed by atoms with Crippen LogP contribution in [0.25, 0.3) is 0 Å². The van der Waals surface area contributed by atoms with Gasteiger partial charge in [-0.05, 0) is 19.3 Å². The summed E-state index contributed by atoms with van der Waals surface area (Å²) in [6, 6.07) is 0. The van der Waals surface area contributed by atoms with Crippen molar-refractivity contribution < 1.29 is 28.6 Å². The lowest BCUT2D eigenvalue weighted by Gasteiger charge is -2.18. The minimum atomic E-state index is -0.760. The third kappa shape index (κ3) is 57.2. The van der Waals surface area contributed by atoms with Crippen molar-refractivity contribution in [3.8, 4) is 0 Å². The highest BCUT2D eigenvalue weighted by Gasteiger charge is 2.19. The third-order valence-corrected chi connectivity index (χ3v) is 14.6. The van der Waals surface area contributed by atoms with Gasteiger partial charge in [0, 0.05) is 19.3 Å². The van der Waals surface area contributed by atoms with Crippen LogP contribution in [-0.2, 0) is 28.6 Å². The van der Waals surface area contributed by atoms with Crippen molar-refractivity contribution in [2.24, 2.45) is 0 Å². The van der Waals surface area contributed by atoms with Gasteiger partial charge in [0.05, 0.1) is 0 Å². The fraction of sp³-hybridized carbons (Fsp3) is 0.952. The van der Waals surface area contributed by atoms with Crippen LogP contribution in [0.4, 0.5) is 0 Å². The zero-order valence-corrected chi connectivity index (χ0v) is 47.1. The van der Waals surface area contributed by atoms with Gasteiger partial charge in [-0.3, -0.25) is 14.4 Å². The van der Waals surface area contributed by atoms with Gasteiger partial charge in [-0.1, -0.05) is 329 Å². The van der Waals surface area contributed by atoms with E-state index in [4.69, 9.17) is 14.2 Å². The largest absolute Gasteiger partial charge is 0.462 e. The number of hydrogen-bond acceptors (Lipinski definition) is 6. The van der Waals surface area contributed by atoms with Gasteiger partial charge in [-0.2, -0.15) is 0 Å². The summed E-state index contributed by atoms with van der Waals surface area (Å²) in [5.41, 5.74) is 0. The molecule has 0 heterocycles. The van der Waals surface area contributed by atoms with Gasteiger partial charge >= 0.3 is 17.9 Å². The molecule has 0 aliphatic heterocycles. The average Bonchev–Trinajstić information content (AvgIpc) is 3.35. The molecule has 0 radical (unpaired) electrons. The SMILES string of the molecule is CCCCCCCCCCCCCCCCCCCCCCCCCCCCCCC(=O)OCC(COC(=O)CCCCCCCCCCCC)OC(=O)CCCCCCCCCCCCCCC. The number of unbranched alkanes of at least 4 members (excludes halogenated alkanes) is 48. The molecule has 0 saturated carbocycles. The lowest BCUT2D eigenvalue weighted by Crippen LogP contribution is -2.30. The molecule has 0 aromatic heterocycles.